The van der Waals surface area contributed by atoms with Crippen LogP contribution >= 0.6 is 0 Å². The third kappa shape index (κ3) is 2.27. The largest absolute Gasteiger partial charge is 0.330 e. The fourth-order valence-electron chi connectivity index (χ4n) is 0.756. The van der Waals surface area contributed by atoms with Gasteiger partial charge in [0.05, 0.1) is 6.54 Å². The summed E-state index contributed by atoms with van der Waals surface area (Å²) >= 11 is 0. The van der Waals surface area contributed by atoms with Crippen molar-refractivity contribution in [3.63, 3.8) is 0 Å². The van der Waals surface area contributed by atoms with Crippen LogP contribution < -0.4 is 5.73 Å². The van der Waals surface area contributed by atoms with E-state index < -0.39 is 0 Å². The molecule has 0 amide bonds. The summed E-state index contributed by atoms with van der Waals surface area (Å²) in [5.74, 6) is 0. The second-order valence-corrected chi connectivity index (χ2v) is 3.38. The van der Waals surface area contributed by atoms with Crippen molar-refractivity contribution in [3.05, 3.63) is 6.33 Å². The average molecular weight is 155 g/mol. The van der Waals surface area contributed by atoms with E-state index in [4.69, 9.17) is 5.73 Å². The van der Waals surface area contributed by atoms with Gasteiger partial charge in [0.15, 0.2) is 0 Å². The zero-order valence-corrected chi connectivity index (χ0v) is 6.86. The van der Waals surface area contributed by atoms with Gasteiger partial charge in [0, 0.05) is 0 Å². The van der Waals surface area contributed by atoms with Crippen molar-refractivity contribution < 1.29 is 0 Å². The molecule has 5 heteroatoms. The highest BCUT2D eigenvalue weighted by molar-refractivity contribution is 4.68. The molecule has 0 aliphatic carbocycles. The van der Waals surface area contributed by atoms with E-state index in [0.717, 1.165) is 6.54 Å². The van der Waals surface area contributed by atoms with Crippen molar-refractivity contribution in [1.29, 1.82) is 0 Å². The summed E-state index contributed by atoms with van der Waals surface area (Å²) in [5.41, 5.74) is 5.61. The van der Waals surface area contributed by atoms with Crippen molar-refractivity contribution in [2.75, 3.05) is 6.54 Å². The molecular weight excluding hydrogens is 142 g/mol. The molecule has 1 aromatic heterocycles. The van der Waals surface area contributed by atoms with Crippen molar-refractivity contribution in [2.45, 2.75) is 20.4 Å². The Morgan fingerprint density at radius 2 is 2.27 bits per heavy atom. The number of hydrogen-bond acceptors (Lipinski definition) is 4. The highest BCUT2D eigenvalue weighted by atomic mass is 15.5. The molecule has 0 spiro atoms. The Kier molecular flexibility index (Phi) is 2.19. The summed E-state index contributed by atoms with van der Waals surface area (Å²) in [6.07, 6.45) is 1.59. The van der Waals surface area contributed by atoms with Gasteiger partial charge in [0.2, 0.25) is 0 Å². The van der Waals surface area contributed by atoms with Gasteiger partial charge in [-0.3, -0.25) is 0 Å². The van der Waals surface area contributed by atoms with Crippen LogP contribution in [0.2, 0.25) is 0 Å². The molecule has 0 aromatic carbocycles. The molecule has 0 aliphatic heterocycles. The quantitative estimate of drug-likeness (QED) is 0.648. The second kappa shape index (κ2) is 2.96. The van der Waals surface area contributed by atoms with Gasteiger partial charge in [0.1, 0.15) is 6.33 Å². The van der Waals surface area contributed by atoms with E-state index in [-0.39, 0.29) is 5.41 Å². The minimum Gasteiger partial charge on any atom is -0.330 e. The first-order valence-electron chi connectivity index (χ1n) is 3.55. The van der Waals surface area contributed by atoms with Crippen LogP contribution in [-0.4, -0.2) is 26.8 Å². The Morgan fingerprint density at radius 1 is 1.55 bits per heavy atom. The highest BCUT2D eigenvalue weighted by Gasteiger charge is 2.16. The van der Waals surface area contributed by atoms with Crippen LogP contribution in [0.25, 0.3) is 0 Å². The van der Waals surface area contributed by atoms with Crippen LogP contribution in [0.1, 0.15) is 13.8 Å². The summed E-state index contributed by atoms with van der Waals surface area (Å²) in [5, 5.41) is 10.8. The molecule has 0 fully saturated rings. The van der Waals surface area contributed by atoms with Crippen LogP contribution in [0.5, 0.6) is 0 Å². The van der Waals surface area contributed by atoms with Gasteiger partial charge < -0.3 is 5.73 Å². The highest BCUT2D eigenvalue weighted by Crippen LogP contribution is 2.13. The zero-order chi connectivity index (χ0) is 8.32. The molecule has 1 rings (SSSR count). The van der Waals surface area contributed by atoms with Crippen LogP contribution in [0.3, 0.4) is 0 Å². The number of aromatic nitrogens is 4. The molecule has 11 heavy (non-hydrogen) atoms. The minimum absolute atomic E-state index is 0.0649. The second-order valence-electron chi connectivity index (χ2n) is 3.38. The van der Waals surface area contributed by atoms with Crippen molar-refractivity contribution >= 4 is 0 Å². The zero-order valence-electron chi connectivity index (χ0n) is 6.86. The molecule has 0 bridgehead atoms. The summed E-state index contributed by atoms with van der Waals surface area (Å²) in [7, 11) is 0. The molecule has 2 N–H and O–H groups in total. The van der Waals surface area contributed by atoms with E-state index in [1.807, 2.05) is 0 Å². The first kappa shape index (κ1) is 8.13. The van der Waals surface area contributed by atoms with Crippen LogP contribution in [-0.2, 0) is 6.54 Å². The molecular formula is C6H13N5. The molecule has 0 unspecified atom stereocenters. The summed E-state index contributed by atoms with van der Waals surface area (Å²) in [6.45, 7) is 5.55. The van der Waals surface area contributed by atoms with Gasteiger partial charge in [-0.05, 0) is 22.4 Å². The lowest BCUT2D eigenvalue weighted by atomic mass is 9.94. The summed E-state index contributed by atoms with van der Waals surface area (Å²) in [6, 6.07) is 0. The number of tetrazole rings is 1. The van der Waals surface area contributed by atoms with Gasteiger partial charge in [-0.1, -0.05) is 13.8 Å². The Hall–Kier alpha value is -0.970. The van der Waals surface area contributed by atoms with E-state index >= 15 is 0 Å². The molecule has 0 saturated heterocycles. The number of rotatable bonds is 3. The average Bonchev–Trinajstić information content (AvgIpc) is 2.39. The topological polar surface area (TPSA) is 69.6 Å². The first-order chi connectivity index (χ1) is 5.14. The predicted molar refractivity (Wildman–Crippen MR) is 40.7 cm³/mol. The van der Waals surface area contributed by atoms with Crippen molar-refractivity contribution in [1.82, 2.24) is 20.2 Å². The van der Waals surface area contributed by atoms with Gasteiger partial charge in [-0.25, -0.2) is 4.68 Å². The molecule has 0 saturated carbocycles. The van der Waals surface area contributed by atoms with Gasteiger partial charge >= 0.3 is 0 Å². The molecule has 1 aromatic rings. The van der Waals surface area contributed by atoms with E-state index in [9.17, 15) is 0 Å². The Balaban J connectivity index is 2.56. The number of nitrogens with two attached hydrogens (primary N) is 1. The van der Waals surface area contributed by atoms with Crippen molar-refractivity contribution in [2.24, 2.45) is 11.1 Å². The predicted octanol–water partition coefficient (Wildman–Crippen LogP) is -0.342. The van der Waals surface area contributed by atoms with Gasteiger partial charge in [-0.2, -0.15) is 0 Å². The lowest BCUT2D eigenvalue weighted by molar-refractivity contribution is 0.298. The Morgan fingerprint density at radius 3 is 2.73 bits per heavy atom. The third-order valence-electron chi connectivity index (χ3n) is 1.53. The maximum Gasteiger partial charge on any atom is 0.138 e. The first-order valence-corrected chi connectivity index (χ1v) is 3.55. The molecule has 1 heterocycles. The number of nitrogens with zero attached hydrogens (tertiary/aromatic N) is 4. The monoisotopic (exact) mass is 155 g/mol. The van der Waals surface area contributed by atoms with Gasteiger partial charge in [-0.15, -0.1) is 5.10 Å². The lowest BCUT2D eigenvalue weighted by Gasteiger charge is -2.20. The Bertz CT molecular complexity index is 203. The molecule has 5 nitrogen and oxygen atoms in total. The maximum absolute atomic E-state index is 5.54. The fourth-order valence-corrected chi connectivity index (χ4v) is 0.756. The van der Waals surface area contributed by atoms with Gasteiger partial charge in [0.25, 0.3) is 0 Å². The standard InChI is InChI=1S/C6H13N5/c1-6(2,3-7)4-11-5-8-9-10-11/h5H,3-4,7H2,1-2H3. The normalized spacial score (nSPS) is 11.9. The van der Waals surface area contributed by atoms with E-state index in [0.29, 0.717) is 6.54 Å². The van der Waals surface area contributed by atoms with Crippen LogP contribution in [0.15, 0.2) is 6.33 Å². The maximum atomic E-state index is 5.54. The third-order valence-corrected chi connectivity index (χ3v) is 1.53. The smallest absolute Gasteiger partial charge is 0.138 e. The van der Waals surface area contributed by atoms with Crippen molar-refractivity contribution in [3.8, 4) is 0 Å². The Labute approximate surface area is 65.6 Å². The lowest BCUT2D eigenvalue weighted by Crippen LogP contribution is -2.29. The molecule has 0 radical (unpaired) electrons. The van der Waals surface area contributed by atoms with E-state index in [1.54, 1.807) is 11.0 Å². The summed E-state index contributed by atoms with van der Waals surface area (Å²) < 4.78 is 1.69. The fraction of sp³-hybridized carbons (Fsp3) is 0.833. The minimum atomic E-state index is 0.0649. The SMILES string of the molecule is CC(C)(CN)Cn1cnnn1. The molecule has 62 valence electrons. The van der Waals surface area contributed by atoms with Crippen LogP contribution in [0.4, 0.5) is 0 Å². The van der Waals surface area contributed by atoms with E-state index in [2.05, 4.69) is 29.4 Å². The summed E-state index contributed by atoms with van der Waals surface area (Å²) in [4.78, 5) is 0. The van der Waals surface area contributed by atoms with E-state index in [1.165, 1.54) is 0 Å². The molecule has 0 aliphatic rings. The number of hydrogen-bond donors (Lipinski definition) is 1. The van der Waals surface area contributed by atoms with Crippen LogP contribution in [0, 0.1) is 5.41 Å². The molecule has 0 atom stereocenters.